The van der Waals surface area contributed by atoms with E-state index in [1.807, 2.05) is 0 Å². The number of carbonyl (C=O) groups excluding carboxylic acids is 2. The molecule has 2 amide bonds. The van der Waals surface area contributed by atoms with Crippen LogP contribution in [-0.4, -0.2) is 23.8 Å². The molecule has 0 bridgehead atoms. The third kappa shape index (κ3) is 4.12. The van der Waals surface area contributed by atoms with Crippen LogP contribution in [0.1, 0.15) is 20.2 Å². The number of non-ortho nitro benzene ring substituents is 1. The minimum absolute atomic E-state index is 0.149. The summed E-state index contributed by atoms with van der Waals surface area (Å²) in [6.45, 7) is 0. The Kier molecular flexibility index (Phi) is 5.18. The molecule has 0 unspecified atom stereocenters. The number of rotatable bonds is 6. The number of nitro benzene ring substituents is 1. The third-order valence-electron chi connectivity index (χ3n) is 3.45. The van der Waals surface area contributed by atoms with Crippen molar-refractivity contribution in [2.24, 2.45) is 0 Å². The Hall–Kier alpha value is -3.66. The van der Waals surface area contributed by atoms with Gasteiger partial charge in [0.15, 0.2) is 5.76 Å². The maximum Gasteiger partial charge on any atom is 0.291 e. The van der Waals surface area contributed by atoms with Gasteiger partial charge in [0.05, 0.1) is 33.9 Å². The zero-order chi connectivity index (χ0) is 19.4. The number of hydrogen-bond donors (Lipinski definition) is 2. The number of furan rings is 1. The Morgan fingerprint density at radius 3 is 2.63 bits per heavy atom. The molecule has 0 spiro atoms. The van der Waals surface area contributed by atoms with Gasteiger partial charge in [0.2, 0.25) is 0 Å². The lowest BCUT2D eigenvalue weighted by Crippen LogP contribution is -2.11. The normalized spacial score (nSPS) is 10.3. The minimum Gasteiger partial charge on any atom is -0.495 e. The van der Waals surface area contributed by atoms with Gasteiger partial charge in [0.25, 0.3) is 17.5 Å². The van der Waals surface area contributed by atoms with E-state index in [2.05, 4.69) is 10.6 Å². The van der Waals surface area contributed by atoms with E-state index in [4.69, 9.17) is 9.15 Å². The summed E-state index contributed by atoms with van der Waals surface area (Å²) < 4.78 is 10.1. The van der Waals surface area contributed by atoms with Crippen molar-refractivity contribution in [3.05, 3.63) is 69.5 Å². The molecule has 3 rings (SSSR count). The van der Waals surface area contributed by atoms with Crippen LogP contribution in [0.3, 0.4) is 0 Å². The molecule has 0 fully saturated rings. The second-order valence-electron chi connectivity index (χ2n) is 5.19. The van der Waals surface area contributed by atoms with Crippen LogP contribution in [0.15, 0.2) is 53.1 Å². The Labute approximate surface area is 156 Å². The fraction of sp³-hybridized carbons (Fsp3) is 0.0588. The van der Waals surface area contributed by atoms with Crippen LogP contribution < -0.4 is 15.4 Å². The first kappa shape index (κ1) is 18.1. The number of carbonyl (C=O) groups is 2. The van der Waals surface area contributed by atoms with E-state index >= 15 is 0 Å². The number of anilines is 2. The largest absolute Gasteiger partial charge is 0.495 e. The topological polar surface area (TPSA) is 124 Å². The van der Waals surface area contributed by atoms with Gasteiger partial charge in [-0.2, -0.15) is 0 Å². The fourth-order valence-electron chi connectivity index (χ4n) is 2.20. The van der Waals surface area contributed by atoms with Gasteiger partial charge in [-0.15, -0.1) is 11.3 Å². The monoisotopic (exact) mass is 387 g/mol. The van der Waals surface area contributed by atoms with E-state index in [0.29, 0.717) is 9.88 Å². The molecular formula is C17H13N3O6S. The van der Waals surface area contributed by atoms with E-state index in [1.165, 1.54) is 43.7 Å². The highest BCUT2D eigenvalue weighted by Crippen LogP contribution is 2.30. The Morgan fingerprint density at radius 2 is 1.96 bits per heavy atom. The van der Waals surface area contributed by atoms with Crippen LogP contribution >= 0.6 is 11.3 Å². The summed E-state index contributed by atoms with van der Waals surface area (Å²) in [6.07, 6.45) is 1.38. The van der Waals surface area contributed by atoms with Crippen molar-refractivity contribution in [1.29, 1.82) is 0 Å². The van der Waals surface area contributed by atoms with Crippen molar-refractivity contribution >= 4 is 39.5 Å². The number of nitrogens with one attached hydrogen (secondary N) is 2. The van der Waals surface area contributed by atoms with E-state index in [1.54, 1.807) is 12.1 Å². The van der Waals surface area contributed by atoms with E-state index < -0.39 is 16.7 Å². The maximum absolute atomic E-state index is 12.4. The standard InChI is InChI=1S/C17H13N3O6S/c1-25-12-5-4-10(20(23)24)9-11(12)18-17(22)14-6-7-15(27-14)19-16(21)13-3-2-8-26-13/h2-9H,1H3,(H,18,22)(H,19,21). The van der Waals surface area contributed by atoms with E-state index in [0.717, 1.165) is 11.3 Å². The molecule has 2 N–H and O–H groups in total. The van der Waals surface area contributed by atoms with Crippen LogP contribution in [-0.2, 0) is 0 Å². The summed E-state index contributed by atoms with van der Waals surface area (Å²) in [7, 11) is 1.39. The molecule has 3 aromatic rings. The van der Waals surface area contributed by atoms with Crippen molar-refractivity contribution in [1.82, 2.24) is 0 Å². The highest BCUT2D eigenvalue weighted by atomic mass is 32.1. The van der Waals surface area contributed by atoms with Gasteiger partial charge in [-0.1, -0.05) is 0 Å². The Morgan fingerprint density at radius 1 is 1.15 bits per heavy atom. The van der Waals surface area contributed by atoms with Gasteiger partial charge in [-0.25, -0.2) is 0 Å². The van der Waals surface area contributed by atoms with Gasteiger partial charge < -0.3 is 19.8 Å². The van der Waals surface area contributed by atoms with Crippen molar-refractivity contribution < 1.29 is 23.7 Å². The maximum atomic E-state index is 12.4. The number of ether oxygens (including phenoxy) is 1. The fourth-order valence-corrected chi connectivity index (χ4v) is 3.00. The number of methoxy groups -OCH3 is 1. The quantitative estimate of drug-likeness (QED) is 0.490. The number of amides is 2. The van der Waals surface area contributed by atoms with Gasteiger partial charge in [-0.05, 0) is 30.3 Å². The van der Waals surface area contributed by atoms with Crippen LogP contribution in [0.2, 0.25) is 0 Å². The van der Waals surface area contributed by atoms with Gasteiger partial charge in [0, 0.05) is 12.1 Å². The molecule has 0 aliphatic rings. The summed E-state index contributed by atoms with van der Waals surface area (Å²) >= 11 is 1.05. The molecule has 0 atom stereocenters. The second-order valence-corrected chi connectivity index (χ2v) is 6.27. The lowest BCUT2D eigenvalue weighted by molar-refractivity contribution is -0.384. The second kappa shape index (κ2) is 7.70. The SMILES string of the molecule is COc1ccc([N+](=O)[O-])cc1NC(=O)c1ccc(NC(=O)c2ccco2)s1. The van der Waals surface area contributed by atoms with Crippen LogP contribution in [0, 0.1) is 10.1 Å². The van der Waals surface area contributed by atoms with Crippen molar-refractivity contribution in [3.63, 3.8) is 0 Å². The smallest absolute Gasteiger partial charge is 0.291 e. The third-order valence-corrected chi connectivity index (χ3v) is 4.45. The Balaban J connectivity index is 1.74. The molecular weight excluding hydrogens is 374 g/mol. The van der Waals surface area contributed by atoms with Gasteiger partial charge >= 0.3 is 0 Å². The number of benzene rings is 1. The van der Waals surface area contributed by atoms with E-state index in [9.17, 15) is 19.7 Å². The Bertz CT molecular complexity index is 996. The summed E-state index contributed by atoms with van der Waals surface area (Å²) in [6, 6.07) is 10.1. The molecule has 138 valence electrons. The summed E-state index contributed by atoms with van der Waals surface area (Å²) in [5.74, 6) is -0.487. The lowest BCUT2D eigenvalue weighted by Gasteiger charge is -2.09. The highest BCUT2D eigenvalue weighted by molar-refractivity contribution is 7.18. The van der Waals surface area contributed by atoms with Crippen molar-refractivity contribution in [2.75, 3.05) is 17.7 Å². The zero-order valence-electron chi connectivity index (χ0n) is 13.9. The molecule has 2 aromatic heterocycles. The summed E-state index contributed by atoms with van der Waals surface area (Å²) in [4.78, 5) is 35.0. The van der Waals surface area contributed by atoms with Crippen LogP contribution in [0.5, 0.6) is 5.75 Å². The van der Waals surface area contributed by atoms with Crippen LogP contribution in [0.4, 0.5) is 16.4 Å². The van der Waals surface area contributed by atoms with Crippen LogP contribution in [0.25, 0.3) is 0 Å². The van der Waals surface area contributed by atoms with Gasteiger partial charge in [0.1, 0.15) is 5.75 Å². The summed E-state index contributed by atoms with van der Waals surface area (Å²) in [5, 5.41) is 16.6. The minimum atomic E-state index is -0.567. The highest BCUT2D eigenvalue weighted by Gasteiger charge is 2.17. The first-order valence-electron chi connectivity index (χ1n) is 7.56. The zero-order valence-corrected chi connectivity index (χ0v) is 14.7. The molecule has 9 nitrogen and oxygen atoms in total. The number of hydrogen-bond acceptors (Lipinski definition) is 7. The molecule has 0 saturated heterocycles. The summed E-state index contributed by atoms with van der Waals surface area (Å²) in [5.41, 5.74) is -0.00468. The number of thiophene rings is 1. The molecule has 10 heteroatoms. The van der Waals surface area contributed by atoms with Gasteiger partial charge in [-0.3, -0.25) is 19.7 Å². The molecule has 0 aliphatic heterocycles. The molecule has 1 aromatic carbocycles. The molecule has 0 saturated carbocycles. The average Bonchev–Trinajstić information content (AvgIpc) is 3.33. The van der Waals surface area contributed by atoms with Crippen molar-refractivity contribution in [2.45, 2.75) is 0 Å². The average molecular weight is 387 g/mol. The molecule has 0 aliphatic carbocycles. The predicted molar refractivity (Wildman–Crippen MR) is 98.6 cm³/mol. The lowest BCUT2D eigenvalue weighted by atomic mass is 10.2. The predicted octanol–water partition coefficient (Wildman–Crippen LogP) is 3.76. The first-order chi connectivity index (χ1) is 13.0. The first-order valence-corrected chi connectivity index (χ1v) is 8.38. The molecule has 27 heavy (non-hydrogen) atoms. The number of nitrogens with zero attached hydrogens (tertiary/aromatic N) is 1. The van der Waals surface area contributed by atoms with Crippen molar-refractivity contribution in [3.8, 4) is 5.75 Å². The molecule has 0 radical (unpaired) electrons. The van der Waals surface area contributed by atoms with E-state index in [-0.39, 0.29) is 22.9 Å². The molecule has 2 heterocycles. The number of nitro groups is 1.